The minimum Gasteiger partial charge on any atom is -0.379 e. The molecule has 0 aliphatic heterocycles. The number of benzene rings is 3. The molecule has 13 heteroatoms. The lowest BCUT2D eigenvalue weighted by atomic mass is 9.92. The number of carbonyl (C=O) groups is 3. The van der Waals surface area contributed by atoms with Crippen molar-refractivity contribution in [2.45, 2.75) is 115 Å². The number of amides is 3. The molecular weight excluding hydrogens is 821 g/mol. The number of nitrogens with one attached hydrogen (secondary N) is 4. The second kappa shape index (κ2) is 28.8. The quantitative estimate of drug-likeness (QED) is 0.0407. The molecule has 352 valence electrons. The van der Waals surface area contributed by atoms with Crippen LogP contribution in [0.1, 0.15) is 107 Å². The van der Waals surface area contributed by atoms with Gasteiger partial charge in [0.2, 0.25) is 17.7 Å². The summed E-state index contributed by atoms with van der Waals surface area (Å²) in [4.78, 5) is 46.9. The molecule has 3 amide bonds. The molecule has 0 saturated heterocycles. The van der Waals surface area contributed by atoms with Crippen molar-refractivity contribution in [3.63, 3.8) is 0 Å². The van der Waals surface area contributed by atoms with Crippen LogP contribution in [0.25, 0.3) is 22.3 Å². The fraction of sp³-hybridized carbons (Fsp3) is 0.558. The molecule has 0 radical (unpaired) electrons. The Hall–Kier alpha value is -4.95. The second-order valence-corrected chi connectivity index (χ2v) is 17.4. The maximum absolute atomic E-state index is 12.7. The molecule has 2 aliphatic rings. The maximum atomic E-state index is 12.7. The van der Waals surface area contributed by atoms with E-state index in [0.29, 0.717) is 90.5 Å². The van der Waals surface area contributed by atoms with Gasteiger partial charge in [0.15, 0.2) is 5.82 Å². The summed E-state index contributed by atoms with van der Waals surface area (Å²) >= 11 is 0. The number of rotatable bonds is 28. The molecule has 0 atom stereocenters. The summed E-state index contributed by atoms with van der Waals surface area (Å²) in [5.74, 6) is 2.20. The van der Waals surface area contributed by atoms with Crippen molar-refractivity contribution in [3.8, 4) is 11.4 Å². The lowest BCUT2D eigenvalue weighted by Gasteiger charge is -2.16. The van der Waals surface area contributed by atoms with Gasteiger partial charge in [0, 0.05) is 55.0 Å². The lowest BCUT2D eigenvalue weighted by Crippen LogP contribution is -2.28. The van der Waals surface area contributed by atoms with Gasteiger partial charge in [-0.15, -0.1) is 0 Å². The lowest BCUT2D eigenvalue weighted by molar-refractivity contribution is -0.122. The van der Waals surface area contributed by atoms with E-state index in [2.05, 4.69) is 51.6 Å². The standard InChI is InChI=1S/C52H72N6O7/c59-48(26-21-40-14-6-3-1-2-4-7-15-40)54-29-31-63-33-35-65-37-36-64-34-32-62-30-27-49(60)53-28-13-5-8-20-50(61)55-44-24-22-41(23-25-44)51-57-47-19-12-11-18-46(47)52(58-51)56-45-38-42-16-9-10-17-43(42)39-45/h9-12,16-19,22-25,40,45H,1-8,13-15,20-21,26-39H2,(H,53,60)(H,54,59)(H,55,61)(H,56,57,58). The van der Waals surface area contributed by atoms with Crippen LogP contribution in [0.4, 0.5) is 11.5 Å². The fourth-order valence-corrected chi connectivity index (χ4v) is 8.62. The highest BCUT2D eigenvalue weighted by Gasteiger charge is 2.22. The van der Waals surface area contributed by atoms with Crippen molar-refractivity contribution in [3.05, 3.63) is 83.9 Å². The van der Waals surface area contributed by atoms with E-state index in [1.165, 1.54) is 62.5 Å². The second-order valence-electron chi connectivity index (χ2n) is 17.4. The minimum absolute atomic E-state index is 0.0408. The Morgan fingerprint density at radius 1 is 0.554 bits per heavy atom. The Labute approximate surface area is 385 Å². The van der Waals surface area contributed by atoms with E-state index < -0.39 is 0 Å². The third-order valence-corrected chi connectivity index (χ3v) is 12.2. The first kappa shape index (κ1) is 49.5. The number of hydrogen-bond donors (Lipinski definition) is 4. The van der Waals surface area contributed by atoms with Crippen LogP contribution in [-0.2, 0) is 46.2 Å². The zero-order valence-corrected chi connectivity index (χ0v) is 38.4. The monoisotopic (exact) mass is 893 g/mol. The van der Waals surface area contributed by atoms with Gasteiger partial charge < -0.3 is 40.2 Å². The van der Waals surface area contributed by atoms with Crippen LogP contribution in [0.3, 0.4) is 0 Å². The highest BCUT2D eigenvalue weighted by molar-refractivity contribution is 5.92. The first-order valence-electron chi connectivity index (χ1n) is 24.3. The van der Waals surface area contributed by atoms with Gasteiger partial charge in [0.25, 0.3) is 0 Å². The minimum atomic E-state index is -0.0536. The first-order valence-corrected chi connectivity index (χ1v) is 24.3. The van der Waals surface area contributed by atoms with Gasteiger partial charge in [-0.25, -0.2) is 9.97 Å². The highest BCUT2D eigenvalue weighted by Crippen LogP contribution is 2.30. The molecule has 6 rings (SSSR count). The van der Waals surface area contributed by atoms with E-state index in [9.17, 15) is 14.4 Å². The summed E-state index contributed by atoms with van der Waals surface area (Å²) in [6, 6.07) is 24.6. The third-order valence-electron chi connectivity index (χ3n) is 12.2. The molecule has 4 N–H and O–H groups in total. The molecule has 0 unspecified atom stereocenters. The summed E-state index contributed by atoms with van der Waals surface area (Å²) in [6.07, 6.45) is 17.2. The van der Waals surface area contributed by atoms with Crippen molar-refractivity contribution in [2.75, 3.05) is 76.6 Å². The number of ether oxygens (including phenoxy) is 4. The van der Waals surface area contributed by atoms with Crippen LogP contribution in [0.15, 0.2) is 72.8 Å². The van der Waals surface area contributed by atoms with E-state index in [-0.39, 0.29) is 30.2 Å². The van der Waals surface area contributed by atoms with Crippen LogP contribution in [-0.4, -0.2) is 99.7 Å². The van der Waals surface area contributed by atoms with Crippen LogP contribution in [0, 0.1) is 5.92 Å². The largest absolute Gasteiger partial charge is 0.379 e. The van der Waals surface area contributed by atoms with Gasteiger partial charge in [-0.2, -0.15) is 0 Å². The average molecular weight is 893 g/mol. The van der Waals surface area contributed by atoms with E-state index >= 15 is 0 Å². The summed E-state index contributed by atoms with van der Waals surface area (Å²) in [6.45, 7) is 4.58. The van der Waals surface area contributed by atoms with E-state index in [4.69, 9.17) is 28.9 Å². The van der Waals surface area contributed by atoms with E-state index in [1.54, 1.807) is 0 Å². The highest BCUT2D eigenvalue weighted by atomic mass is 16.6. The Morgan fingerprint density at radius 2 is 1.15 bits per heavy atom. The van der Waals surface area contributed by atoms with Gasteiger partial charge in [-0.05, 0) is 85.5 Å². The number of nitrogens with zero attached hydrogens (tertiary/aromatic N) is 2. The molecule has 4 aromatic rings. The maximum Gasteiger partial charge on any atom is 0.224 e. The average Bonchev–Trinajstić information content (AvgIpc) is 3.79. The Morgan fingerprint density at radius 3 is 1.86 bits per heavy atom. The number of unbranched alkanes of at least 4 members (excludes halogenated alkanes) is 2. The predicted molar refractivity (Wildman–Crippen MR) is 257 cm³/mol. The van der Waals surface area contributed by atoms with Crippen molar-refractivity contribution in [1.82, 2.24) is 20.6 Å². The SMILES string of the molecule is O=C(CCOCCOCCOCCOCCNC(=O)CCC1CCCCCCCC1)NCCCCCC(=O)Nc1ccc(-c2nc(NC3Cc4ccccc4C3)c3ccccc3n2)cc1. The molecule has 13 nitrogen and oxygen atoms in total. The number of fused-ring (bicyclic) bond motifs is 2. The van der Waals surface area contributed by atoms with Gasteiger partial charge in [-0.1, -0.05) is 94.2 Å². The smallest absolute Gasteiger partial charge is 0.224 e. The summed E-state index contributed by atoms with van der Waals surface area (Å²) in [7, 11) is 0. The predicted octanol–water partition coefficient (Wildman–Crippen LogP) is 8.59. The van der Waals surface area contributed by atoms with E-state index in [0.717, 1.165) is 66.5 Å². The summed E-state index contributed by atoms with van der Waals surface area (Å²) in [5, 5.41) is 13.6. The van der Waals surface area contributed by atoms with Gasteiger partial charge in [-0.3, -0.25) is 14.4 Å². The molecule has 65 heavy (non-hydrogen) atoms. The number of para-hydroxylation sites is 1. The molecule has 1 aromatic heterocycles. The first-order chi connectivity index (χ1) is 32.0. The van der Waals surface area contributed by atoms with Crippen LogP contribution in [0.5, 0.6) is 0 Å². The fourth-order valence-electron chi connectivity index (χ4n) is 8.62. The van der Waals surface area contributed by atoms with Crippen LogP contribution < -0.4 is 21.3 Å². The van der Waals surface area contributed by atoms with Gasteiger partial charge >= 0.3 is 0 Å². The van der Waals surface area contributed by atoms with Gasteiger partial charge in [0.1, 0.15) is 5.82 Å². The number of aromatic nitrogens is 2. The van der Waals surface area contributed by atoms with Crippen LogP contribution in [0.2, 0.25) is 0 Å². The van der Waals surface area contributed by atoms with Crippen molar-refractivity contribution in [1.29, 1.82) is 0 Å². The molecule has 0 spiro atoms. The molecule has 1 saturated carbocycles. The van der Waals surface area contributed by atoms with Crippen LogP contribution >= 0.6 is 0 Å². The van der Waals surface area contributed by atoms with Crippen molar-refractivity contribution < 1.29 is 33.3 Å². The Balaban J connectivity index is 0.715. The topological polar surface area (TPSA) is 162 Å². The molecule has 0 bridgehead atoms. The zero-order chi connectivity index (χ0) is 45.2. The molecule has 1 fully saturated rings. The normalized spacial score (nSPS) is 14.6. The number of hydrogen-bond acceptors (Lipinski definition) is 10. The molecule has 1 heterocycles. The van der Waals surface area contributed by atoms with E-state index in [1.807, 2.05) is 42.5 Å². The Kier molecular flexibility index (Phi) is 22.0. The molecule has 3 aromatic carbocycles. The third kappa shape index (κ3) is 18.5. The Bertz CT molecular complexity index is 2000. The number of carbonyl (C=O) groups excluding carboxylic acids is 3. The van der Waals surface area contributed by atoms with Crippen molar-refractivity contribution >= 4 is 40.1 Å². The molecular formula is C52H72N6O7. The summed E-state index contributed by atoms with van der Waals surface area (Å²) in [5.41, 5.74) is 5.25. The number of anilines is 2. The summed E-state index contributed by atoms with van der Waals surface area (Å²) < 4.78 is 22.2. The zero-order valence-electron chi connectivity index (χ0n) is 38.4. The molecule has 2 aliphatic carbocycles. The van der Waals surface area contributed by atoms with Crippen molar-refractivity contribution in [2.24, 2.45) is 5.92 Å². The van der Waals surface area contributed by atoms with Gasteiger partial charge in [0.05, 0.1) is 58.4 Å².